The van der Waals surface area contributed by atoms with E-state index in [0.29, 0.717) is 18.7 Å². The Hall–Kier alpha value is -2.74. The number of aliphatic hydroxyl groups is 1. The quantitative estimate of drug-likeness (QED) is 0.514. The van der Waals surface area contributed by atoms with Gasteiger partial charge >= 0.3 is 0 Å². The van der Waals surface area contributed by atoms with Gasteiger partial charge in [0.1, 0.15) is 11.9 Å². The molecule has 8 heteroatoms. The lowest BCUT2D eigenvalue weighted by molar-refractivity contribution is -0.132. The predicted octanol–water partition coefficient (Wildman–Crippen LogP) is 1.66. The number of halogens is 1. The van der Waals surface area contributed by atoms with Gasteiger partial charge in [0.2, 0.25) is 5.90 Å². The third-order valence-corrected chi connectivity index (χ3v) is 3.70. The van der Waals surface area contributed by atoms with Gasteiger partial charge in [0.05, 0.1) is 13.2 Å². The number of nitrogens with zero attached hydrogens (tertiary/aromatic N) is 1. The van der Waals surface area contributed by atoms with E-state index in [1.165, 1.54) is 4.90 Å². The molecule has 134 valence electrons. The van der Waals surface area contributed by atoms with Gasteiger partial charge in [0.25, 0.3) is 5.91 Å². The molecule has 0 spiro atoms. The highest BCUT2D eigenvalue weighted by molar-refractivity contribution is 5.92. The van der Waals surface area contributed by atoms with Gasteiger partial charge in [-0.3, -0.25) is 10.2 Å². The minimum atomic E-state index is -0.922. The minimum absolute atomic E-state index is 0.0566. The highest BCUT2D eigenvalue weighted by Crippen LogP contribution is 2.16. The van der Waals surface area contributed by atoms with Crippen molar-refractivity contribution in [3.63, 3.8) is 0 Å². The molecule has 1 aromatic carbocycles. The molecule has 0 radical (unpaired) electrons. The summed E-state index contributed by atoms with van der Waals surface area (Å²) >= 11 is 0. The summed E-state index contributed by atoms with van der Waals surface area (Å²) in [6.45, 7) is 0.509. The van der Waals surface area contributed by atoms with Crippen LogP contribution in [0.15, 0.2) is 36.2 Å². The van der Waals surface area contributed by atoms with Crippen molar-refractivity contribution in [2.45, 2.75) is 19.1 Å². The number of amides is 1. The van der Waals surface area contributed by atoms with Crippen LogP contribution in [0.5, 0.6) is 5.75 Å². The van der Waals surface area contributed by atoms with E-state index in [0.717, 1.165) is 17.9 Å². The van der Waals surface area contributed by atoms with Crippen molar-refractivity contribution >= 4 is 18.0 Å². The van der Waals surface area contributed by atoms with Crippen molar-refractivity contribution in [3.05, 3.63) is 41.7 Å². The number of aliphatic hydroxyl groups excluding tert-OH is 1. The molecule has 7 nitrogen and oxygen atoms in total. The fourth-order valence-corrected chi connectivity index (χ4v) is 2.35. The zero-order valence-corrected chi connectivity index (χ0v) is 13.6. The number of ether oxygens (including phenoxy) is 2. The van der Waals surface area contributed by atoms with Crippen molar-refractivity contribution in [1.29, 1.82) is 10.8 Å². The van der Waals surface area contributed by atoms with Crippen LogP contribution in [0.2, 0.25) is 0 Å². The van der Waals surface area contributed by atoms with Gasteiger partial charge in [0, 0.05) is 19.2 Å². The number of carbonyl (C=O) groups is 1. The molecule has 1 atom stereocenters. The number of carbonyl (C=O) groups excluding carboxylic acids is 1. The summed E-state index contributed by atoms with van der Waals surface area (Å²) in [5.74, 6) is -1.25. The van der Waals surface area contributed by atoms with E-state index < -0.39 is 17.8 Å². The number of nitrogens with one attached hydrogen (secondary N) is 2. The van der Waals surface area contributed by atoms with Crippen molar-refractivity contribution in [1.82, 2.24) is 4.90 Å². The van der Waals surface area contributed by atoms with Crippen LogP contribution in [0.1, 0.15) is 12.0 Å². The summed E-state index contributed by atoms with van der Waals surface area (Å²) in [5, 5.41) is 23.2. The predicted molar refractivity (Wildman–Crippen MR) is 89.6 cm³/mol. The first-order chi connectivity index (χ1) is 12.0. The largest absolute Gasteiger partial charge is 0.484 e. The average molecular weight is 349 g/mol. The molecule has 1 aliphatic rings. The van der Waals surface area contributed by atoms with E-state index in [2.05, 4.69) is 0 Å². The van der Waals surface area contributed by atoms with Crippen LogP contribution < -0.4 is 4.74 Å². The lowest BCUT2D eigenvalue weighted by Crippen LogP contribution is -2.34. The van der Waals surface area contributed by atoms with E-state index in [-0.39, 0.29) is 25.7 Å². The summed E-state index contributed by atoms with van der Waals surface area (Å²) in [5.41, 5.74) is 0.755. The Labute approximate surface area is 144 Å². The average Bonchev–Trinajstić information content (AvgIpc) is 3.08. The number of hydrogen-bond acceptors (Lipinski definition) is 6. The summed E-state index contributed by atoms with van der Waals surface area (Å²) in [4.78, 5) is 13.7. The van der Waals surface area contributed by atoms with Gasteiger partial charge in [-0.2, -0.15) is 0 Å². The van der Waals surface area contributed by atoms with Gasteiger partial charge < -0.3 is 24.9 Å². The van der Waals surface area contributed by atoms with Gasteiger partial charge in [-0.25, -0.2) is 4.39 Å². The van der Waals surface area contributed by atoms with Crippen LogP contribution in [-0.4, -0.2) is 53.8 Å². The molecule has 1 aromatic rings. The molecular formula is C17H20FN3O4. The molecular weight excluding hydrogens is 329 g/mol. The number of hydrogen-bond donors (Lipinski definition) is 3. The smallest absolute Gasteiger partial charge is 0.260 e. The maximum Gasteiger partial charge on any atom is 0.260 e. The van der Waals surface area contributed by atoms with Gasteiger partial charge in [-0.15, -0.1) is 0 Å². The summed E-state index contributed by atoms with van der Waals surface area (Å²) < 4.78 is 23.9. The Kier molecular flexibility index (Phi) is 6.64. The molecule has 1 amide bonds. The topological polar surface area (TPSA) is 107 Å². The molecule has 1 unspecified atom stereocenters. The van der Waals surface area contributed by atoms with Crippen LogP contribution in [0.4, 0.5) is 4.39 Å². The van der Waals surface area contributed by atoms with E-state index in [1.54, 1.807) is 24.3 Å². The summed E-state index contributed by atoms with van der Waals surface area (Å²) in [6.07, 6.45) is 1.61. The van der Waals surface area contributed by atoms with E-state index >= 15 is 0 Å². The first kappa shape index (κ1) is 18.6. The minimum Gasteiger partial charge on any atom is -0.484 e. The molecule has 25 heavy (non-hydrogen) atoms. The van der Waals surface area contributed by atoms with Crippen LogP contribution >= 0.6 is 0 Å². The van der Waals surface area contributed by atoms with E-state index in [1.807, 2.05) is 0 Å². The maximum absolute atomic E-state index is 13.3. The van der Waals surface area contributed by atoms with Gasteiger partial charge in [0.15, 0.2) is 12.4 Å². The van der Waals surface area contributed by atoms with Crippen LogP contribution in [0.25, 0.3) is 0 Å². The molecule has 1 fully saturated rings. The summed E-state index contributed by atoms with van der Waals surface area (Å²) in [6, 6.07) is 6.77. The Bertz CT molecular complexity index is 660. The normalized spacial score (nSPS) is 17.3. The highest BCUT2D eigenvalue weighted by Gasteiger charge is 2.29. The molecule has 1 heterocycles. The second kappa shape index (κ2) is 8.93. The third-order valence-electron chi connectivity index (χ3n) is 3.70. The van der Waals surface area contributed by atoms with E-state index in [9.17, 15) is 9.18 Å². The fraction of sp³-hybridized carbons (Fsp3) is 0.353. The van der Waals surface area contributed by atoms with Crippen molar-refractivity contribution in [2.75, 3.05) is 19.7 Å². The van der Waals surface area contributed by atoms with Crippen molar-refractivity contribution in [2.24, 2.45) is 0 Å². The second-order valence-electron chi connectivity index (χ2n) is 5.47. The van der Waals surface area contributed by atoms with Crippen LogP contribution in [0.3, 0.4) is 0 Å². The highest BCUT2D eigenvalue weighted by atomic mass is 19.1. The molecule has 0 aliphatic carbocycles. The van der Waals surface area contributed by atoms with Gasteiger partial charge in [-0.05, 0) is 23.8 Å². The Morgan fingerprint density at radius 3 is 2.76 bits per heavy atom. The zero-order chi connectivity index (χ0) is 18.2. The van der Waals surface area contributed by atoms with E-state index in [4.69, 9.17) is 25.4 Å². The SMILES string of the molecule is N=C/C=C(/F)C(=N)OC1CCN(C(=O)COc2ccc(CO)cc2)C1. The fourth-order valence-electron chi connectivity index (χ4n) is 2.35. The van der Waals surface area contributed by atoms with Crippen LogP contribution in [0, 0.1) is 10.8 Å². The van der Waals surface area contributed by atoms with Crippen molar-refractivity contribution < 1.29 is 23.8 Å². The zero-order valence-electron chi connectivity index (χ0n) is 13.6. The standard InChI is InChI=1S/C17H20FN3O4/c18-15(5-7-19)17(20)25-14-6-8-21(9-14)16(23)11-24-13-3-1-12(10-22)2-4-13/h1-5,7,14,19-20,22H,6,8-11H2/b15-5+,19-7?,20-17?. The molecule has 0 aromatic heterocycles. The molecule has 1 aliphatic heterocycles. The number of rotatable bonds is 7. The van der Waals surface area contributed by atoms with Crippen molar-refractivity contribution in [3.8, 4) is 5.75 Å². The van der Waals surface area contributed by atoms with Crippen LogP contribution in [-0.2, 0) is 16.1 Å². The lowest BCUT2D eigenvalue weighted by Gasteiger charge is -2.17. The molecule has 0 bridgehead atoms. The number of allylic oxidation sites excluding steroid dienone is 1. The molecule has 0 saturated carbocycles. The first-order valence-electron chi connectivity index (χ1n) is 7.75. The Balaban J connectivity index is 1.78. The third kappa shape index (κ3) is 5.39. The monoisotopic (exact) mass is 349 g/mol. The molecule has 2 rings (SSSR count). The van der Waals surface area contributed by atoms with Gasteiger partial charge in [-0.1, -0.05) is 12.1 Å². The lowest BCUT2D eigenvalue weighted by atomic mass is 10.2. The molecule has 1 saturated heterocycles. The summed E-state index contributed by atoms with van der Waals surface area (Å²) in [7, 11) is 0. The molecule has 3 N–H and O–H groups in total. The second-order valence-corrected chi connectivity index (χ2v) is 5.47. The Morgan fingerprint density at radius 1 is 1.40 bits per heavy atom. The Morgan fingerprint density at radius 2 is 2.12 bits per heavy atom. The number of likely N-dealkylation sites (tertiary alicyclic amines) is 1. The first-order valence-corrected chi connectivity index (χ1v) is 7.75. The maximum atomic E-state index is 13.3. The number of benzene rings is 1.